The molecule has 170 valence electrons. The maximum atomic E-state index is 12.6. The topological polar surface area (TPSA) is 63.1 Å². The highest BCUT2D eigenvalue weighted by molar-refractivity contribution is 7.99. The molecule has 0 fully saturated rings. The fraction of sp³-hybridized carbons (Fsp3) is 0.400. The SMILES string of the molecule is CCc1ccc(C(CNC(=O)CSc2nncn2-c2ccc(C(C)C)cc2)N(C)C)cc1. The molecule has 32 heavy (non-hydrogen) atoms. The summed E-state index contributed by atoms with van der Waals surface area (Å²) in [6.45, 7) is 7.06. The predicted octanol–water partition coefficient (Wildman–Crippen LogP) is 4.46. The summed E-state index contributed by atoms with van der Waals surface area (Å²) in [5.41, 5.74) is 4.79. The van der Waals surface area contributed by atoms with Crippen LogP contribution < -0.4 is 5.32 Å². The monoisotopic (exact) mass is 451 g/mol. The average molecular weight is 452 g/mol. The number of hydrogen-bond acceptors (Lipinski definition) is 5. The van der Waals surface area contributed by atoms with Crippen molar-refractivity contribution in [3.05, 3.63) is 71.5 Å². The molecule has 3 aromatic rings. The van der Waals surface area contributed by atoms with E-state index in [1.807, 2.05) is 18.7 Å². The van der Waals surface area contributed by atoms with Gasteiger partial charge in [-0.25, -0.2) is 0 Å². The molecule has 0 aliphatic heterocycles. The number of thioether (sulfide) groups is 1. The van der Waals surface area contributed by atoms with Crippen molar-refractivity contribution in [3.63, 3.8) is 0 Å². The van der Waals surface area contributed by atoms with Gasteiger partial charge in [-0.15, -0.1) is 10.2 Å². The van der Waals surface area contributed by atoms with Gasteiger partial charge in [-0.2, -0.15) is 0 Å². The second-order valence-electron chi connectivity index (χ2n) is 8.40. The highest BCUT2D eigenvalue weighted by Crippen LogP contribution is 2.22. The largest absolute Gasteiger partial charge is 0.353 e. The molecule has 0 radical (unpaired) electrons. The smallest absolute Gasteiger partial charge is 0.230 e. The highest BCUT2D eigenvalue weighted by atomic mass is 32.2. The molecule has 0 saturated carbocycles. The van der Waals surface area contributed by atoms with Crippen LogP contribution in [0.1, 0.15) is 49.4 Å². The van der Waals surface area contributed by atoms with E-state index in [1.165, 1.54) is 28.5 Å². The number of rotatable bonds is 10. The fourth-order valence-electron chi connectivity index (χ4n) is 3.49. The minimum absolute atomic E-state index is 0.0169. The third kappa shape index (κ3) is 6.20. The van der Waals surface area contributed by atoms with Crippen LogP contribution in [0.3, 0.4) is 0 Å². The molecular formula is C25H33N5OS. The van der Waals surface area contributed by atoms with Gasteiger partial charge in [-0.05, 0) is 55.3 Å². The Morgan fingerprint density at radius 3 is 2.31 bits per heavy atom. The van der Waals surface area contributed by atoms with E-state index in [9.17, 15) is 4.79 Å². The number of benzene rings is 2. The predicted molar refractivity (Wildman–Crippen MR) is 131 cm³/mol. The molecule has 0 aliphatic rings. The fourth-order valence-corrected chi connectivity index (χ4v) is 4.24. The van der Waals surface area contributed by atoms with Gasteiger partial charge in [-0.3, -0.25) is 9.36 Å². The number of carbonyl (C=O) groups excluding carboxylic acids is 1. The summed E-state index contributed by atoms with van der Waals surface area (Å²) >= 11 is 1.39. The van der Waals surface area contributed by atoms with Crippen LogP contribution in [0.4, 0.5) is 0 Å². The molecule has 0 bridgehead atoms. The zero-order valence-corrected chi connectivity index (χ0v) is 20.4. The summed E-state index contributed by atoms with van der Waals surface area (Å²) in [6, 6.07) is 17.1. The van der Waals surface area contributed by atoms with Crippen molar-refractivity contribution in [1.82, 2.24) is 25.0 Å². The maximum absolute atomic E-state index is 12.6. The number of hydrogen-bond donors (Lipinski definition) is 1. The van der Waals surface area contributed by atoms with Crippen LogP contribution in [0, 0.1) is 0 Å². The van der Waals surface area contributed by atoms with Crippen LogP contribution in [0.25, 0.3) is 5.69 Å². The molecular weight excluding hydrogens is 418 g/mol. The molecule has 1 N–H and O–H groups in total. The van der Waals surface area contributed by atoms with Crippen molar-refractivity contribution in [3.8, 4) is 5.69 Å². The molecule has 1 heterocycles. The van der Waals surface area contributed by atoms with Crippen LogP contribution in [0.2, 0.25) is 0 Å². The van der Waals surface area contributed by atoms with Crippen LogP contribution in [0.15, 0.2) is 60.0 Å². The molecule has 2 aromatic carbocycles. The summed E-state index contributed by atoms with van der Waals surface area (Å²) in [7, 11) is 4.07. The number of nitrogens with one attached hydrogen (secondary N) is 1. The normalized spacial score (nSPS) is 12.3. The van der Waals surface area contributed by atoms with Gasteiger partial charge in [0.1, 0.15) is 6.33 Å². The number of aryl methyl sites for hydroxylation is 1. The van der Waals surface area contributed by atoms with Crippen molar-refractivity contribution in [2.45, 2.75) is 44.3 Å². The highest BCUT2D eigenvalue weighted by Gasteiger charge is 2.16. The Hall–Kier alpha value is -2.64. The van der Waals surface area contributed by atoms with E-state index >= 15 is 0 Å². The first-order valence-electron chi connectivity index (χ1n) is 11.0. The second-order valence-corrected chi connectivity index (χ2v) is 9.34. The van der Waals surface area contributed by atoms with Gasteiger partial charge in [0.15, 0.2) is 5.16 Å². The van der Waals surface area contributed by atoms with E-state index in [4.69, 9.17) is 0 Å². The summed E-state index contributed by atoms with van der Waals surface area (Å²) in [5.74, 6) is 0.757. The van der Waals surface area contributed by atoms with Crippen molar-refractivity contribution in [1.29, 1.82) is 0 Å². The van der Waals surface area contributed by atoms with Gasteiger partial charge in [0.2, 0.25) is 5.91 Å². The lowest BCUT2D eigenvalue weighted by molar-refractivity contribution is -0.118. The maximum Gasteiger partial charge on any atom is 0.230 e. The van der Waals surface area contributed by atoms with Crippen LogP contribution in [0.5, 0.6) is 0 Å². The summed E-state index contributed by atoms with van der Waals surface area (Å²) < 4.78 is 1.92. The van der Waals surface area contributed by atoms with Crippen LogP contribution in [-0.2, 0) is 11.2 Å². The van der Waals surface area contributed by atoms with Gasteiger partial charge >= 0.3 is 0 Å². The third-order valence-electron chi connectivity index (χ3n) is 5.58. The summed E-state index contributed by atoms with van der Waals surface area (Å²) in [5, 5.41) is 12.0. The van der Waals surface area contributed by atoms with Crippen molar-refractivity contribution in [2.75, 3.05) is 26.4 Å². The minimum atomic E-state index is -0.0169. The molecule has 0 saturated heterocycles. The number of aromatic nitrogens is 3. The first-order valence-corrected chi connectivity index (χ1v) is 12.0. The van der Waals surface area contributed by atoms with Gasteiger partial charge in [0.25, 0.3) is 0 Å². The zero-order chi connectivity index (χ0) is 23.1. The van der Waals surface area contributed by atoms with E-state index in [0.717, 1.165) is 12.1 Å². The summed E-state index contributed by atoms with van der Waals surface area (Å²) in [6.07, 6.45) is 2.71. The van der Waals surface area contributed by atoms with Gasteiger partial charge < -0.3 is 10.2 Å². The molecule has 1 atom stereocenters. The number of amides is 1. The third-order valence-corrected chi connectivity index (χ3v) is 6.52. The Kier molecular flexibility index (Phi) is 8.47. The lowest BCUT2D eigenvalue weighted by atomic mass is 10.0. The van der Waals surface area contributed by atoms with E-state index in [1.54, 1.807) is 6.33 Å². The van der Waals surface area contributed by atoms with E-state index in [2.05, 4.69) is 89.7 Å². The average Bonchev–Trinajstić information content (AvgIpc) is 3.26. The van der Waals surface area contributed by atoms with Crippen molar-refractivity contribution in [2.24, 2.45) is 0 Å². The van der Waals surface area contributed by atoms with E-state index in [0.29, 0.717) is 17.6 Å². The lowest BCUT2D eigenvalue weighted by Crippen LogP contribution is -2.35. The van der Waals surface area contributed by atoms with Gasteiger partial charge in [0.05, 0.1) is 11.8 Å². The molecule has 6 nitrogen and oxygen atoms in total. The summed E-state index contributed by atoms with van der Waals surface area (Å²) in [4.78, 5) is 14.7. The molecule has 7 heteroatoms. The van der Waals surface area contributed by atoms with Crippen molar-refractivity contribution < 1.29 is 4.79 Å². The molecule has 1 unspecified atom stereocenters. The first kappa shape index (κ1) is 24.0. The minimum Gasteiger partial charge on any atom is -0.353 e. The first-order chi connectivity index (χ1) is 15.4. The van der Waals surface area contributed by atoms with Gasteiger partial charge in [0, 0.05) is 12.2 Å². The Balaban J connectivity index is 1.57. The molecule has 0 aliphatic carbocycles. The standard InChI is InChI=1S/C25H33N5OS/c1-6-19-7-9-21(10-8-19)23(29(4)5)15-26-24(31)16-32-25-28-27-17-30(25)22-13-11-20(12-14-22)18(2)3/h7-14,17-18,23H,6,15-16H2,1-5H3,(H,26,31). The van der Waals surface area contributed by atoms with Crippen LogP contribution in [-0.4, -0.2) is 52.0 Å². The lowest BCUT2D eigenvalue weighted by Gasteiger charge is -2.25. The Bertz CT molecular complexity index is 996. The quantitative estimate of drug-likeness (QED) is 0.461. The number of nitrogens with zero attached hydrogens (tertiary/aromatic N) is 4. The Morgan fingerprint density at radius 1 is 1.06 bits per heavy atom. The van der Waals surface area contributed by atoms with Crippen molar-refractivity contribution >= 4 is 17.7 Å². The molecule has 1 aromatic heterocycles. The van der Waals surface area contributed by atoms with E-state index < -0.39 is 0 Å². The molecule has 1 amide bonds. The number of carbonyl (C=O) groups is 1. The van der Waals surface area contributed by atoms with E-state index in [-0.39, 0.29) is 17.7 Å². The molecule has 0 spiro atoms. The zero-order valence-electron chi connectivity index (χ0n) is 19.6. The second kappa shape index (κ2) is 11.3. The van der Waals surface area contributed by atoms with Crippen LogP contribution >= 0.6 is 11.8 Å². The Morgan fingerprint density at radius 2 is 1.72 bits per heavy atom. The number of likely N-dealkylation sites (N-methyl/N-ethyl adjacent to an activating group) is 1. The Labute approximate surface area is 195 Å². The van der Waals surface area contributed by atoms with Gasteiger partial charge in [-0.1, -0.05) is 68.9 Å². The molecule has 3 rings (SSSR count).